The first-order valence-corrected chi connectivity index (χ1v) is 7.49. The highest BCUT2D eigenvalue weighted by Crippen LogP contribution is 2.29. The van der Waals surface area contributed by atoms with Gasteiger partial charge in [0.2, 0.25) is 0 Å². The zero-order valence-corrected chi connectivity index (χ0v) is 12.0. The number of ether oxygens (including phenoxy) is 2. The number of thiazole rings is 1. The van der Waals surface area contributed by atoms with Gasteiger partial charge in [-0.05, 0) is 13.8 Å². The van der Waals surface area contributed by atoms with Crippen LogP contribution in [0.1, 0.15) is 30.2 Å². The molecule has 104 valence electrons. The van der Waals surface area contributed by atoms with Crippen LogP contribution in [0.3, 0.4) is 0 Å². The quantitative estimate of drug-likeness (QED) is 0.770. The largest absolute Gasteiger partial charge is 0.461 e. The van der Waals surface area contributed by atoms with E-state index >= 15 is 0 Å². The Bertz CT molecular complexity index is 476. The molecule has 2 saturated heterocycles. The number of hydrogen-bond acceptors (Lipinski definition) is 6. The fraction of sp³-hybridized carbons (Fsp3) is 0.692. The first-order chi connectivity index (χ1) is 9.13. The van der Waals surface area contributed by atoms with Crippen molar-refractivity contribution in [2.75, 3.05) is 19.7 Å². The van der Waals surface area contributed by atoms with Gasteiger partial charge in [-0.3, -0.25) is 9.69 Å². The molecule has 0 N–H and O–H groups in total. The molecule has 2 aliphatic heterocycles. The van der Waals surface area contributed by atoms with E-state index in [1.165, 1.54) is 0 Å². The number of aromatic nitrogens is 1. The number of esters is 1. The van der Waals surface area contributed by atoms with Crippen molar-refractivity contribution in [3.63, 3.8) is 0 Å². The van der Waals surface area contributed by atoms with Crippen LogP contribution in [0, 0.1) is 6.92 Å². The maximum absolute atomic E-state index is 11.8. The molecule has 3 atom stereocenters. The lowest BCUT2D eigenvalue weighted by Gasteiger charge is -2.34. The molecule has 0 saturated carbocycles. The van der Waals surface area contributed by atoms with E-state index in [1.54, 1.807) is 11.3 Å². The molecule has 0 aliphatic carbocycles. The third kappa shape index (κ3) is 2.66. The molecule has 0 bridgehead atoms. The van der Waals surface area contributed by atoms with Gasteiger partial charge in [0.05, 0.1) is 6.61 Å². The Labute approximate surface area is 116 Å². The molecule has 6 heteroatoms. The van der Waals surface area contributed by atoms with Gasteiger partial charge in [-0.2, -0.15) is 0 Å². The Balaban J connectivity index is 1.70. The van der Waals surface area contributed by atoms with Crippen LogP contribution in [0.4, 0.5) is 0 Å². The topological polar surface area (TPSA) is 51.7 Å². The standard InChI is InChI=1S/C13H18N2O3S/c1-8-7-19-12(14-8)11-6-15(3-4-17-11)10-5-9(2)18-13(10)16/h7,9-11H,3-6H2,1-2H3/t9-,10+,11+/m1/s1. The van der Waals surface area contributed by atoms with Gasteiger partial charge in [-0.25, -0.2) is 4.98 Å². The summed E-state index contributed by atoms with van der Waals surface area (Å²) < 4.78 is 11.0. The lowest BCUT2D eigenvalue weighted by molar-refractivity contribution is -0.147. The minimum absolute atomic E-state index is 0.0174. The molecule has 2 aliphatic rings. The van der Waals surface area contributed by atoms with Crippen molar-refractivity contribution in [2.24, 2.45) is 0 Å². The third-order valence-electron chi connectivity index (χ3n) is 3.60. The van der Waals surface area contributed by atoms with Crippen molar-refractivity contribution < 1.29 is 14.3 Å². The van der Waals surface area contributed by atoms with Gasteiger partial charge in [0.1, 0.15) is 23.3 Å². The minimum Gasteiger partial charge on any atom is -0.461 e. The number of aryl methyl sites for hydroxylation is 1. The highest BCUT2D eigenvalue weighted by molar-refractivity contribution is 7.09. The number of nitrogens with zero attached hydrogens (tertiary/aromatic N) is 2. The average molecular weight is 282 g/mol. The van der Waals surface area contributed by atoms with E-state index in [0.29, 0.717) is 6.61 Å². The second-order valence-corrected chi connectivity index (χ2v) is 6.07. The first-order valence-electron chi connectivity index (χ1n) is 6.61. The van der Waals surface area contributed by atoms with Gasteiger partial charge in [-0.15, -0.1) is 11.3 Å². The average Bonchev–Trinajstić information content (AvgIpc) is 2.96. The van der Waals surface area contributed by atoms with Crippen LogP contribution < -0.4 is 0 Å². The molecule has 0 amide bonds. The van der Waals surface area contributed by atoms with E-state index in [9.17, 15) is 4.79 Å². The molecule has 3 heterocycles. The fourth-order valence-electron chi connectivity index (χ4n) is 2.66. The molecular formula is C13H18N2O3S. The van der Waals surface area contributed by atoms with Crippen molar-refractivity contribution in [1.82, 2.24) is 9.88 Å². The molecule has 5 nitrogen and oxygen atoms in total. The van der Waals surface area contributed by atoms with E-state index in [-0.39, 0.29) is 24.2 Å². The molecule has 0 aromatic carbocycles. The number of carbonyl (C=O) groups is 1. The zero-order chi connectivity index (χ0) is 13.4. The van der Waals surface area contributed by atoms with E-state index in [0.717, 1.165) is 30.2 Å². The van der Waals surface area contributed by atoms with Crippen LogP contribution >= 0.6 is 11.3 Å². The first kappa shape index (κ1) is 13.0. The Kier molecular flexibility index (Phi) is 3.56. The van der Waals surface area contributed by atoms with Gasteiger partial charge in [0.25, 0.3) is 0 Å². The SMILES string of the molecule is Cc1csc([C@@H]2CN([C@H]3C[C@@H](C)OC3=O)CCO2)n1. The van der Waals surface area contributed by atoms with E-state index in [2.05, 4.69) is 9.88 Å². The van der Waals surface area contributed by atoms with Gasteiger partial charge >= 0.3 is 5.97 Å². The van der Waals surface area contributed by atoms with Crippen molar-refractivity contribution in [1.29, 1.82) is 0 Å². The lowest BCUT2D eigenvalue weighted by atomic mass is 10.1. The second-order valence-electron chi connectivity index (χ2n) is 5.18. The van der Waals surface area contributed by atoms with Gasteiger partial charge in [-0.1, -0.05) is 0 Å². The van der Waals surface area contributed by atoms with E-state index < -0.39 is 0 Å². The minimum atomic E-state index is -0.109. The summed E-state index contributed by atoms with van der Waals surface area (Å²) in [5.74, 6) is -0.0940. The summed E-state index contributed by atoms with van der Waals surface area (Å²) in [6.07, 6.45) is 0.791. The molecule has 0 radical (unpaired) electrons. The lowest BCUT2D eigenvalue weighted by Crippen LogP contribution is -2.46. The van der Waals surface area contributed by atoms with Gasteiger partial charge in [0, 0.05) is 30.6 Å². The Morgan fingerprint density at radius 1 is 1.53 bits per heavy atom. The Morgan fingerprint density at radius 3 is 3.00 bits per heavy atom. The summed E-state index contributed by atoms with van der Waals surface area (Å²) in [5, 5.41) is 3.03. The number of carbonyl (C=O) groups excluding carboxylic acids is 1. The van der Waals surface area contributed by atoms with Crippen molar-refractivity contribution in [3.05, 3.63) is 16.1 Å². The molecule has 1 aromatic rings. The van der Waals surface area contributed by atoms with Crippen molar-refractivity contribution in [3.8, 4) is 0 Å². The van der Waals surface area contributed by atoms with Crippen LogP contribution in [-0.2, 0) is 14.3 Å². The summed E-state index contributed by atoms with van der Waals surface area (Å²) >= 11 is 1.62. The number of cyclic esters (lactones) is 1. The molecule has 19 heavy (non-hydrogen) atoms. The van der Waals surface area contributed by atoms with E-state index in [4.69, 9.17) is 9.47 Å². The normalized spacial score (nSPS) is 32.5. The summed E-state index contributed by atoms with van der Waals surface area (Å²) in [6, 6.07) is -0.109. The van der Waals surface area contributed by atoms with Crippen LogP contribution in [0.5, 0.6) is 0 Å². The molecule has 0 unspecified atom stereocenters. The second kappa shape index (κ2) is 5.19. The predicted molar refractivity (Wildman–Crippen MR) is 71.1 cm³/mol. The Morgan fingerprint density at radius 2 is 2.37 bits per heavy atom. The maximum Gasteiger partial charge on any atom is 0.323 e. The van der Waals surface area contributed by atoms with Crippen LogP contribution in [-0.4, -0.2) is 47.7 Å². The molecule has 0 spiro atoms. The van der Waals surface area contributed by atoms with Gasteiger partial charge in [0.15, 0.2) is 0 Å². The number of hydrogen-bond donors (Lipinski definition) is 0. The smallest absolute Gasteiger partial charge is 0.323 e. The van der Waals surface area contributed by atoms with E-state index in [1.807, 2.05) is 19.2 Å². The van der Waals surface area contributed by atoms with Gasteiger partial charge < -0.3 is 9.47 Å². The summed E-state index contributed by atoms with van der Waals surface area (Å²) in [6.45, 7) is 6.07. The maximum atomic E-state index is 11.8. The number of rotatable bonds is 2. The predicted octanol–water partition coefficient (Wildman–Crippen LogP) is 1.53. The van der Waals surface area contributed by atoms with Crippen LogP contribution in [0.25, 0.3) is 0 Å². The van der Waals surface area contributed by atoms with Crippen LogP contribution in [0.15, 0.2) is 5.38 Å². The highest BCUT2D eigenvalue weighted by atomic mass is 32.1. The molecule has 1 aromatic heterocycles. The number of morpholine rings is 1. The molecular weight excluding hydrogens is 264 g/mol. The van der Waals surface area contributed by atoms with Crippen LogP contribution in [0.2, 0.25) is 0 Å². The van der Waals surface area contributed by atoms with Crippen molar-refractivity contribution >= 4 is 17.3 Å². The monoisotopic (exact) mass is 282 g/mol. The molecule has 2 fully saturated rings. The third-order valence-corrected chi connectivity index (χ3v) is 4.65. The fourth-order valence-corrected chi connectivity index (χ4v) is 3.49. The highest BCUT2D eigenvalue weighted by Gasteiger charge is 2.39. The summed E-state index contributed by atoms with van der Waals surface area (Å²) in [7, 11) is 0. The Hall–Kier alpha value is -0.980. The summed E-state index contributed by atoms with van der Waals surface area (Å²) in [5.41, 5.74) is 1.02. The van der Waals surface area contributed by atoms with Crippen molar-refractivity contribution in [2.45, 2.75) is 38.5 Å². The summed E-state index contributed by atoms with van der Waals surface area (Å²) in [4.78, 5) is 18.5. The molecule has 3 rings (SSSR count). The zero-order valence-electron chi connectivity index (χ0n) is 11.2.